The lowest BCUT2D eigenvalue weighted by Crippen LogP contribution is -2.34. The smallest absolute Gasteiger partial charge is 0.241 e. The second-order valence-corrected chi connectivity index (χ2v) is 6.51. The van der Waals surface area contributed by atoms with Gasteiger partial charge in [0.05, 0.1) is 11.1 Å². The van der Waals surface area contributed by atoms with Gasteiger partial charge in [0.2, 0.25) is 5.91 Å². The number of carbonyl (C=O) groups is 1. The number of carbonyl (C=O) groups excluding carboxylic acids is 1. The molecule has 3 N–H and O–H groups in total. The van der Waals surface area contributed by atoms with Crippen molar-refractivity contribution in [1.29, 1.82) is 0 Å². The van der Waals surface area contributed by atoms with E-state index in [2.05, 4.69) is 20.1 Å². The Morgan fingerprint density at radius 3 is 3.00 bits per heavy atom. The number of fused-ring (bicyclic) bond motifs is 1. The fourth-order valence-electron chi connectivity index (χ4n) is 2.88. The van der Waals surface area contributed by atoms with Crippen LogP contribution in [0.2, 0.25) is 5.02 Å². The lowest BCUT2D eigenvalue weighted by Gasteiger charge is -2.13. The molecule has 6 nitrogen and oxygen atoms in total. The SMILES string of the molecule is CC[C@H](N)C(=O)Nc1ccc(Cl)c(-c2nnc3n2CCCCC3)c1. The highest BCUT2D eigenvalue weighted by molar-refractivity contribution is 6.33. The first-order valence-electron chi connectivity index (χ1n) is 8.38. The maximum Gasteiger partial charge on any atom is 0.241 e. The molecule has 0 bridgehead atoms. The summed E-state index contributed by atoms with van der Waals surface area (Å²) in [4.78, 5) is 12.0. The van der Waals surface area contributed by atoms with E-state index >= 15 is 0 Å². The van der Waals surface area contributed by atoms with Gasteiger partial charge in [0, 0.05) is 24.2 Å². The van der Waals surface area contributed by atoms with Gasteiger partial charge in [0.25, 0.3) is 0 Å². The van der Waals surface area contributed by atoms with E-state index in [-0.39, 0.29) is 5.91 Å². The molecule has 24 heavy (non-hydrogen) atoms. The Hall–Kier alpha value is -1.92. The van der Waals surface area contributed by atoms with Gasteiger partial charge >= 0.3 is 0 Å². The topological polar surface area (TPSA) is 85.8 Å². The number of nitrogens with zero attached hydrogens (tertiary/aromatic N) is 3. The molecule has 1 aromatic heterocycles. The number of hydrogen-bond donors (Lipinski definition) is 2. The summed E-state index contributed by atoms with van der Waals surface area (Å²) in [6, 6.07) is 4.85. The van der Waals surface area contributed by atoms with Crippen molar-refractivity contribution in [2.75, 3.05) is 5.32 Å². The van der Waals surface area contributed by atoms with E-state index in [1.807, 2.05) is 13.0 Å². The minimum atomic E-state index is -0.520. The van der Waals surface area contributed by atoms with Crippen molar-refractivity contribution in [1.82, 2.24) is 14.8 Å². The second kappa shape index (κ2) is 7.32. The van der Waals surface area contributed by atoms with Gasteiger partial charge in [-0.3, -0.25) is 4.79 Å². The zero-order chi connectivity index (χ0) is 17.1. The lowest BCUT2D eigenvalue weighted by atomic mass is 10.1. The van der Waals surface area contributed by atoms with E-state index in [4.69, 9.17) is 17.3 Å². The number of nitrogens with two attached hydrogens (primary N) is 1. The fourth-order valence-corrected chi connectivity index (χ4v) is 3.08. The highest BCUT2D eigenvalue weighted by Crippen LogP contribution is 2.31. The maximum atomic E-state index is 12.0. The molecule has 0 saturated carbocycles. The largest absolute Gasteiger partial charge is 0.325 e. The van der Waals surface area contributed by atoms with Crippen LogP contribution in [-0.4, -0.2) is 26.7 Å². The number of hydrogen-bond acceptors (Lipinski definition) is 4. The summed E-state index contributed by atoms with van der Waals surface area (Å²) >= 11 is 6.38. The van der Waals surface area contributed by atoms with E-state index in [1.54, 1.807) is 12.1 Å². The molecule has 2 heterocycles. The molecule has 0 fully saturated rings. The summed E-state index contributed by atoms with van der Waals surface area (Å²) in [5, 5.41) is 12.1. The average Bonchev–Trinajstić information content (AvgIpc) is 2.83. The predicted molar refractivity (Wildman–Crippen MR) is 94.9 cm³/mol. The van der Waals surface area contributed by atoms with Crippen LogP contribution in [0, 0.1) is 0 Å². The molecular weight excluding hydrogens is 326 g/mol. The first-order chi connectivity index (χ1) is 11.6. The minimum Gasteiger partial charge on any atom is -0.325 e. The molecule has 0 aliphatic carbocycles. The number of aryl methyl sites for hydroxylation is 1. The third kappa shape index (κ3) is 3.44. The fraction of sp³-hybridized carbons (Fsp3) is 0.471. The van der Waals surface area contributed by atoms with Crippen LogP contribution in [0.15, 0.2) is 18.2 Å². The molecule has 0 radical (unpaired) electrons. The van der Waals surface area contributed by atoms with Crippen LogP contribution in [0.4, 0.5) is 5.69 Å². The van der Waals surface area contributed by atoms with Crippen molar-refractivity contribution >= 4 is 23.2 Å². The molecule has 7 heteroatoms. The highest BCUT2D eigenvalue weighted by Gasteiger charge is 2.19. The lowest BCUT2D eigenvalue weighted by molar-refractivity contribution is -0.117. The van der Waals surface area contributed by atoms with Crippen molar-refractivity contribution in [2.45, 2.75) is 51.6 Å². The monoisotopic (exact) mass is 347 g/mol. The zero-order valence-corrected chi connectivity index (χ0v) is 14.5. The third-order valence-corrected chi connectivity index (χ3v) is 4.69. The van der Waals surface area contributed by atoms with Gasteiger partial charge in [0.1, 0.15) is 5.82 Å². The summed E-state index contributed by atoms with van der Waals surface area (Å²) in [6.45, 7) is 2.77. The number of aromatic nitrogens is 3. The summed E-state index contributed by atoms with van der Waals surface area (Å²) in [5.74, 6) is 1.56. The molecule has 1 aliphatic rings. The molecule has 3 rings (SSSR count). The molecule has 0 unspecified atom stereocenters. The molecule has 1 atom stereocenters. The van der Waals surface area contributed by atoms with Gasteiger partial charge in [-0.2, -0.15) is 0 Å². The number of nitrogens with one attached hydrogen (secondary N) is 1. The summed E-state index contributed by atoms with van der Waals surface area (Å²) < 4.78 is 2.14. The first-order valence-corrected chi connectivity index (χ1v) is 8.76. The number of amides is 1. The van der Waals surface area contributed by atoms with Crippen molar-refractivity contribution < 1.29 is 4.79 Å². The highest BCUT2D eigenvalue weighted by atomic mass is 35.5. The van der Waals surface area contributed by atoms with Crippen LogP contribution < -0.4 is 11.1 Å². The van der Waals surface area contributed by atoms with E-state index < -0.39 is 6.04 Å². The van der Waals surface area contributed by atoms with Crippen molar-refractivity contribution in [3.8, 4) is 11.4 Å². The standard InChI is InChI=1S/C17H22ClN5O/c1-2-14(19)17(24)20-11-7-8-13(18)12(10-11)16-22-21-15-6-4-3-5-9-23(15)16/h7-8,10,14H,2-6,9,19H2,1H3,(H,20,24)/t14-/m0/s1. The number of rotatable bonds is 4. The first kappa shape index (κ1) is 16.9. The van der Waals surface area contributed by atoms with Gasteiger partial charge < -0.3 is 15.6 Å². The Bertz CT molecular complexity index is 743. The van der Waals surface area contributed by atoms with Crippen LogP contribution in [-0.2, 0) is 17.8 Å². The number of anilines is 1. The average molecular weight is 348 g/mol. The van der Waals surface area contributed by atoms with E-state index in [9.17, 15) is 4.79 Å². The van der Waals surface area contributed by atoms with Gasteiger partial charge in [-0.25, -0.2) is 0 Å². The molecule has 0 spiro atoms. The normalized spacial score (nSPS) is 15.5. The maximum absolute atomic E-state index is 12.0. The summed E-state index contributed by atoms with van der Waals surface area (Å²) in [5.41, 5.74) is 7.21. The molecule has 1 aromatic carbocycles. The van der Waals surface area contributed by atoms with Crippen molar-refractivity contribution in [3.05, 3.63) is 29.0 Å². The zero-order valence-electron chi connectivity index (χ0n) is 13.8. The van der Waals surface area contributed by atoms with E-state index in [0.717, 1.165) is 43.0 Å². The van der Waals surface area contributed by atoms with Crippen LogP contribution in [0.1, 0.15) is 38.4 Å². The van der Waals surface area contributed by atoms with E-state index in [1.165, 1.54) is 6.42 Å². The summed E-state index contributed by atoms with van der Waals surface area (Å²) in [7, 11) is 0. The minimum absolute atomic E-state index is 0.203. The summed E-state index contributed by atoms with van der Waals surface area (Å²) in [6.07, 6.45) is 4.96. The van der Waals surface area contributed by atoms with Crippen LogP contribution >= 0.6 is 11.6 Å². The van der Waals surface area contributed by atoms with Crippen molar-refractivity contribution in [2.24, 2.45) is 5.73 Å². The van der Waals surface area contributed by atoms with Gasteiger partial charge in [-0.15, -0.1) is 10.2 Å². The molecule has 1 amide bonds. The van der Waals surface area contributed by atoms with Crippen molar-refractivity contribution in [3.63, 3.8) is 0 Å². The van der Waals surface area contributed by atoms with Gasteiger partial charge in [-0.05, 0) is 37.5 Å². The predicted octanol–water partition coefficient (Wildman–Crippen LogP) is 3.00. The molecule has 2 aromatic rings. The number of benzene rings is 1. The molecular formula is C17H22ClN5O. The Balaban J connectivity index is 1.93. The molecule has 128 valence electrons. The Morgan fingerprint density at radius 1 is 1.38 bits per heavy atom. The van der Waals surface area contributed by atoms with Crippen LogP contribution in [0.25, 0.3) is 11.4 Å². The molecule has 0 saturated heterocycles. The van der Waals surface area contributed by atoms with Crippen LogP contribution in [0.5, 0.6) is 0 Å². The second-order valence-electron chi connectivity index (χ2n) is 6.10. The van der Waals surface area contributed by atoms with Crippen LogP contribution in [0.3, 0.4) is 0 Å². The number of halogens is 1. The van der Waals surface area contributed by atoms with Gasteiger partial charge in [-0.1, -0.05) is 24.9 Å². The quantitative estimate of drug-likeness (QED) is 0.890. The Morgan fingerprint density at radius 2 is 2.21 bits per heavy atom. The Labute approximate surface area is 146 Å². The Kier molecular flexibility index (Phi) is 5.16. The molecule has 1 aliphatic heterocycles. The van der Waals surface area contributed by atoms with Gasteiger partial charge in [0.15, 0.2) is 5.82 Å². The third-order valence-electron chi connectivity index (χ3n) is 4.36. The van der Waals surface area contributed by atoms with E-state index in [0.29, 0.717) is 17.1 Å².